The lowest BCUT2D eigenvalue weighted by Crippen LogP contribution is -2.28. The molecule has 0 atom stereocenters. The van der Waals surface area contributed by atoms with Crippen molar-refractivity contribution < 1.29 is 18.3 Å². The standard InChI is InChI=1S/C28H33N3O4S/c1-3-31(13-14-32)12-5-15-35-25-11-10-23(26-24-16-19(2)18-29-28(24)30-27(25)26)20-6-4-7-22(17-20)36(33,34)21-8-9-21/h4,6-7,10-11,16-18,21,32H,3,5,8-9,12-15H2,1-2H3,(H,29,30). The molecule has 2 aromatic heterocycles. The number of fused-ring (bicyclic) bond motifs is 3. The van der Waals surface area contributed by atoms with Gasteiger partial charge in [-0.05, 0) is 79.8 Å². The SMILES string of the molecule is CCN(CCO)CCCOc1ccc(-c2cccc(S(=O)(=O)C3CC3)c2)c2c1[nH]c1ncc(C)cc12. The first-order chi connectivity index (χ1) is 17.4. The lowest BCUT2D eigenvalue weighted by atomic mass is 9.99. The van der Waals surface area contributed by atoms with Gasteiger partial charge in [-0.3, -0.25) is 0 Å². The number of H-pyrrole nitrogens is 1. The predicted octanol–water partition coefficient (Wildman–Crippen LogP) is 4.71. The van der Waals surface area contributed by atoms with Crippen LogP contribution in [0, 0.1) is 6.92 Å². The molecule has 2 heterocycles. The van der Waals surface area contributed by atoms with Crippen molar-refractivity contribution in [2.75, 3.05) is 32.8 Å². The van der Waals surface area contributed by atoms with E-state index in [-0.39, 0.29) is 11.9 Å². The van der Waals surface area contributed by atoms with Gasteiger partial charge in [-0.25, -0.2) is 13.4 Å². The van der Waals surface area contributed by atoms with Crippen LogP contribution >= 0.6 is 0 Å². The average molecular weight is 508 g/mol. The van der Waals surface area contributed by atoms with Gasteiger partial charge >= 0.3 is 0 Å². The van der Waals surface area contributed by atoms with Gasteiger partial charge in [0.25, 0.3) is 0 Å². The molecule has 0 bridgehead atoms. The number of aliphatic hydroxyl groups is 1. The van der Waals surface area contributed by atoms with Crippen molar-refractivity contribution in [2.24, 2.45) is 0 Å². The molecule has 1 saturated carbocycles. The molecule has 0 radical (unpaired) electrons. The van der Waals surface area contributed by atoms with E-state index >= 15 is 0 Å². The van der Waals surface area contributed by atoms with Crippen molar-refractivity contribution in [1.82, 2.24) is 14.9 Å². The molecule has 7 nitrogen and oxygen atoms in total. The third-order valence-electron chi connectivity index (χ3n) is 6.88. The van der Waals surface area contributed by atoms with Crippen LogP contribution < -0.4 is 4.74 Å². The number of aliphatic hydroxyl groups excluding tert-OH is 1. The zero-order valence-corrected chi connectivity index (χ0v) is 21.6. The number of nitrogens with zero attached hydrogens (tertiary/aromatic N) is 2. The van der Waals surface area contributed by atoms with Crippen LogP contribution in [0.15, 0.2) is 53.6 Å². The highest BCUT2D eigenvalue weighted by Gasteiger charge is 2.37. The summed E-state index contributed by atoms with van der Waals surface area (Å²) in [5, 5.41) is 10.9. The molecule has 0 spiro atoms. The third kappa shape index (κ3) is 4.85. The first-order valence-electron chi connectivity index (χ1n) is 12.6. The van der Waals surface area contributed by atoms with Crippen LogP contribution in [0.4, 0.5) is 0 Å². The van der Waals surface area contributed by atoms with E-state index in [0.717, 1.165) is 76.7 Å². The summed E-state index contributed by atoms with van der Waals surface area (Å²) in [6.45, 7) is 7.21. The molecule has 190 valence electrons. The van der Waals surface area contributed by atoms with Crippen LogP contribution in [-0.4, -0.2) is 66.5 Å². The van der Waals surface area contributed by atoms with Crippen molar-refractivity contribution >= 4 is 31.8 Å². The van der Waals surface area contributed by atoms with Crippen molar-refractivity contribution in [1.29, 1.82) is 0 Å². The van der Waals surface area contributed by atoms with Gasteiger partial charge in [0, 0.05) is 30.1 Å². The zero-order valence-electron chi connectivity index (χ0n) is 20.8. The summed E-state index contributed by atoms with van der Waals surface area (Å²) in [6, 6.07) is 13.4. The largest absolute Gasteiger partial charge is 0.491 e. The first kappa shape index (κ1) is 24.7. The fourth-order valence-corrected chi connectivity index (χ4v) is 6.48. The van der Waals surface area contributed by atoms with E-state index in [0.29, 0.717) is 18.0 Å². The summed E-state index contributed by atoms with van der Waals surface area (Å²) in [6.07, 6.45) is 4.16. The van der Waals surface area contributed by atoms with Gasteiger partial charge in [0.2, 0.25) is 0 Å². The Hall–Kier alpha value is -2.94. The molecule has 2 aromatic carbocycles. The van der Waals surface area contributed by atoms with E-state index in [2.05, 4.69) is 27.9 Å². The summed E-state index contributed by atoms with van der Waals surface area (Å²) in [7, 11) is -3.29. The second-order valence-electron chi connectivity index (χ2n) is 9.53. The maximum atomic E-state index is 12.9. The molecule has 8 heteroatoms. The molecule has 0 saturated heterocycles. The predicted molar refractivity (Wildman–Crippen MR) is 143 cm³/mol. The number of hydrogen-bond donors (Lipinski definition) is 2. The second-order valence-corrected chi connectivity index (χ2v) is 11.8. The van der Waals surface area contributed by atoms with Crippen molar-refractivity contribution in [3.8, 4) is 16.9 Å². The van der Waals surface area contributed by atoms with Crippen LogP contribution in [0.2, 0.25) is 0 Å². The summed E-state index contributed by atoms with van der Waals surface area (Å²) < 4.78 is 32.0. The fourth-order valence-electron chi connectivity index (χ4n) is 4.78. The van der Waals surface area contributed by atoms with E-state index in [1.807, 2.05) is 37.4 Å². The molecule has 2 N–H and O–H groups in total. The van der Waals surface area contributed by atoms with E-state index < -0.39 is 9.84 Å². The zero-order chi connectivity index (χ0) is 25.3. The minimum Gasteiger partial charge on any atom is -0.491 e. The van der Waals surface area contributed by atoms with Gasteiger partial charge in [0.15, 0.2) is 9.84 Å². The lowest BCUT2D eigenvalue weighted by molar-refractivity contribution is 0.189. The van der Waals surface area contributed by atoms with Gasteiger partial charge < -0.3 is 19.7 Å². The van der Waals surface area contributed by atoms with E-state index in [1.54, 1.807) is 12.1 Å². The van der Waals surface area contributed by atoms with Gasteiger partial charge in [-0.2, -0.15) is 0 Å². The fraction of sp³-hybridized carbons (Fsp3) is 0.393. The summed E-state index contributed by atoms with van der Waals surface area (Å²) in [5.41, 5.74) is 4.49. The Bertz CT molecular complexity index is 1490. The van der Waals surface area contributed by atoms with Crippen molar-refractivity contribution in [2.45, 2.75) is 43.3 Å². The highest BCUT2D eigenvalue weighted by Crippen LogP contribution is 2.40. The number of rotatable bonds is 11. The number of sulfone groups is 1. The molecular weight excluding hydrogens is 474 g/mol. The summed E-state index contributed by atoms with van der Waals surface area (Å²) in [4.78, 5) is 10.6. The topological polar surface area (TPSA) is 95.5 Å². The monoisotopic (exact) mass is 507 g/mol. The van der Waals surface area contributed by atoms with Gasteiger partial charge in [-0.15, -0.1) is 0 Å². The molecule has 36 heavy (non-hydrogen) atoms. The van der Waals surface area contributed by atoms with Crippen LogP contribution in [0.5, 0.6) is 5.75 Å². The number of pyridine rings is 1. The van der Waals surface area contributed by atoms with Gasteiger partial charge in [0.05, 0.1) is 28.9 Å². The molecule has 4 aromatic rings. The third-order valence-corrected chi connectivity index (χ3v) is 9.14. The molecule has 5 rings (SSSR count). The van der Waals surface area contributed by atoms with Crippen LogP contribution in [-0.2, 0) is 9.84 Å². The van der Waals surface area contributed by atoms with Crippen molar-refractivity contribution in [3.63, 3.8) is 0 Å². The normalized spacial score (nSPS) is 14.2. The minimum absolute atomic E-state index is 0.154. The van der Waals surface area contributed by atoms with Crippen LogP contribution in [0.3, 0.4) is 0 Å². The Kier molecular flexibility index (Phi) is 7.01. The lowest BCUT2D eigenvalue weighted by Gasteiger charge is -2.19. The Morgan fingerprint density at radius 3 is 2.75 bits per heavy atom. The minimum atomic E-state index is -3.29. The van der Waals surface area contributed by atoms with E-state index in [4.69, 9.17) is 4.74 Å². The molecular formula is C28H33N3O4S. The number of nitrogens with one attached hydrogen (secondary N) is 1. The highest BCUT2D eigenvalue weighted by molar-refractivity contribution is 7.92. The summed E-state index contributed by atoms with van der Waals surface area (Å²) in [5.74, 6) is 0.747. The Morgan fingerprint density at radius 1 is 1.17 bits per heavy atom. The molecule has 0 aliphatic heterocycles. The van der Waals surface area contributed by atoms with Gasteiger partial charge in [0.1, 0.15) is 11.4 Å². The van der Waals surface area contributed by atoms with Gasteiger partial charge in [-0.1, -0.05) is 19.1 Å². The molecule has 1 fully saturated rings. The number of aryl methyl sites for hydroxylation is 1. The molecule has 0 amide bonds. The quantitative estimate of drug-likeness (QED) is 0.286. The van der Waals surface area contributed by atoms with E-state index in [1.165, 1.54) is 0 Å². The number of hydrogen-bond acceptors (Lipinski definition) is 6. The molecule has 1 aliphatic rings. The highest BCUT2D eigenvalue weighted by atomic mass is 32.2. The van der Waals surface area contributed by atoms with E-state index in [9.17, 15) is 13.5 Å². The maximum Gasteiger partial charge on any atom is 0.181 e. The Morgan fingerprint density at radius 2 is 2.00 bits per heavy atom. The first-order valence-corrected chi connectivity index (χ1v) is 14.2. The Labute approximate surface area is 212 Å². The summed E-state index contributed by atoms with van der Waals surface area (Å²) >= 11 is 0. The smallest absolute Gasteiger partial charge is 0.181 e. The number of aromatic nitrogens is 2. The molecule has 0 unspecified atom stereocenters. The maximum absolute atomic E-state index is 12.9. The number of ether oxygens (including phenoxy) is 1. The van der Waals surface area contributed by atoms with Crippen LogP contribution in [0.1, 0.15) is 31.7 Å². The number of aromatic amines is 1. The van der Waals surface area contributed by atoms with Crippen LogP contribution in [0.25, 0.3) is 33.1 Å². The number of benzene rings is 2. The Balaban J connectivity index is 1.53. The average Bonchev–Trinajstić information content (AvgIpc) is 3.68. The number of likely N-dealkylation sites (N-methyl/N-ethyl adjacent to an activating group) is 1. The van der Waals surface area contributed by atoms with Crippen molar-refractivity contribution in [3.05, 3.63) is 54.2 Å². The molecule has 1 aliphatic carbocycles. The second kappa shape index (κ2) is 10.2.